The maximum atomic E-state index is 12.9. The smallest absolute Gasteiger partial charge is 0.310 e. The standard InChI is InChI=1S/C17H16F5N3OS/c1-11-6-7-15-24-12(2)16(25(15)10-11)17(26)23-9-13-4-3-5-14(8-13)27(18,19,20,21)22/h3-8,10H,9H2,1-2H3,(H,23,26). The third-order valence-corrected chi connectivity index (χ3v) is 5.10. The highest BCUT2D eigenvalue weighted by Gasteiger charge is 2.65. The molecule has 1 aromatic carbocycles. The van der Waals surface area contributed by atoms with Gasteiger partial charge in [0.25, 0.3) is 5.91 Å². The van der Waals surface area contributed by atoms with Crippen molar-refractivity contribution in [1.82, 2.24) is 14.7 Å². The molecule has 0 aliphatic rings. The van der Waals surface area contributed by atoms with Gasteiger partial charge in [-0.15, -0.1) is 0 Å². The zero-order valence-corrected chi connectivity index (χ0v) is 15.2. The van der Waals surface area contributed by atoms with Crippen LogP contribution in [0.15, 0.2) is 47.5 Å². The van der Waals surface area contributed by atoms with E-state index in [2.05, 4.69) is 10.3 Å². The summed E-state index contributed by atoms with van der Waals surface area (Å²) in [6, 6.07) is 6.36. The van der Waals surface area contributed by atoms with Crippen LogP contribution in [0.4, 0.5) is 19.4 Å². The van der Waals surface area contributed by atoms with Crippen molar-refractivity contribution in [3.8, 4) is 0 Å². The van der Waals surface area contributed by atoms with E-state index in [1.54, 1.807) is 23.6 Å². The fourth-order valence-electron chi connectivity index (χ4n) is 2.70. The molecule has 146 valence electrons. The second-order valence-corrected chi connectivity index (χ2v) is 8.69. The molecule has 3 aromatic rings. The lowest BCUT2D eigenvalue weighted by Gasteiger charge is -2.40. The first kappa shape index (κ1) is 19.2. The number of fused-ring (bicyclic) bond motifs is 1. The van der Waals surface area contributed by atoms with Gasteiger partial charge in [0.1, 0.15) is 16.2 Å². The van der Waals surface area contributed by atoms with Gasteiger partial charge in [-0.3, -0.25) is 9.20 Å². The monoisotopic (exact) mass is 405 g/mol. The lowest BCUT2D eigenvalue weighted by atomic mass is 10.2. The van der Waals surface area contributed by atoms with E-state index in [1.165, 1.54) is 6.07 Å². The van der Waals surface area contributed by atoms with Crippen LogP contribution < -0.4 is 5.32 Å². The van der Waals surface area contributed by atoms with E-state index < -0.39 is 21.0 Å². The number of halogens is 5. The summed E-state index contributed by atoms with van der Waals surface area (Å²) in [4.78, 5) is 14.8. The molecule has 3 rings (SSSR count). The molecule has 0 saturated carbocycles. The molecule has 1 N–H and O–H groups in total. The molecular formula is C17H16F5N3OS. The Balaban J connectivity index is 1.86. The highest BCUT2D eigenvalue weighted by molar-refractivity contribution is 8.45. The number of amides is 1. The Morgan fingerprint density at radius 3 is 2.48 bits per heavy atom. The fraction of sp³-hybridized carbons (Fsp3) is 0.176. The van der Waals surface area contributed by atoms with E-state index in [1.807, 2.05) is 13.0 Å². The molecule has 0 fully saturated rings. The Morgan fingerprint density at radius 2 is 1.81 bits per heavy atom. The Hall–Kier alpha value is -2.62. The zero-order chi connectivity index (χ0) is 20.1. The summed E-state index contributed by atoms with van der Waals surface area (Å²) < 4.78 is 66.2. The van der Waals surface area contributed by atoms with Crippen LogP contribution >= 0.6 is 10.2 Å². The number of pyridine rings is 1. The fourth-order valence-corrected chi connectivity index (χ4v) is 3.41. The molecule has 2 heterocycles. The second-order valence-electron chi connectivity index (χ2n) is 6.28. The molecule has 2 aromatic heterocycles. The number of benzene rings is 1. The Bertz CT molecular complexity index is 1060. The maximum Gasteiger partial charge on any atom is 0.310 e. The molecule has 0 atom stereocenters. The predicted octanol–water partition coefficient (Wildman–Crippen LogP) is 5.54. The van der Waals surface area contributed by atoms with Crippen molar-refractivity contribution >= 4 is 21.8 Å². The first-order valence-corrected chi connectivity index (χ1v) is 9.76. The van der Waals surface area contributed by atoms with Gasteiger partial charge in [0, 0.05) is 12.7 Å². The average Bonchev–Trinajstić information content (AvgIpc) is 2.86. The highest BCUT2D eigenvalue weighted by Crippen LogP contribution is 3.02. The van der Waals surface area contributed by atoms with Crippen LogP contribution in [0.25, 0.3) is 5.65 Å². The van der Waals surface area contributed by atoms with Crippen LogP contribution in [-0.2, 0) is 6.54 Å². The minimum absolute atomic E-state index is 0.0863. The molecule has 10 heteroatoms. The Morgan fingerprint density at radius 1 is 1.11 bits per heavy atom. The SMILES string of the molecule is Cc1ccc2nc(C)c(C(=O)NCc3cccc(S(F)(F)(F)(F)F)c3)n2c1. The van der Waals surface area contributed by atoms with E-state index in [9.17, 15) is 24.2 Å². The third kappa shape index (κ3) is 4.05. The first-order chi connectivity index (χ1) is 12.2. The Kier molecular flexibility index (Phi) is 3.86. The van der Waals surface area contributed by atoms with E-state index >= 15 is 0 Å². The van der Waals surface area contributed by atoms with Gasteiger partial charge in [0.15, 0.2) is 0 Å². The summed E-state index contributed by atoms with van der Waals surface area (Å²) in [7, 11) is -9.76. The summed E-state index contributed by atoms with van der Waals surface area (Å²) in [6.45, 7) is 3.13. The lowest BCUT2D eigenvalue weighted by Crippen LogP contribution is -2.25. The number of nitrogens with zero attached hydrogens (tertiary/aromatic N) is 2. The molecule has 0 unspecified atom stereocenters. The van der Waals surface area contributed by atoms with E-state index in [4.69, 9.17) is 0 Å². The number of rotatable bonds is 4. The summed E-state index contributed by atoms with van der Waals surface area (Å²) in [5.74, 6) is -0.566. The van der Waals surface area contributed by atoms with Crippen molar-refractivity contribution in [2.45, 2.75) is 25.3 Å². The van der Waals surface area contributed by atoms with Crippen molar-refractivity contribution in [1.29, 1.82) is 0 Å². The normalized spacial score (nSPS) is 14.6. The zero-order valence-electron chi connectivity index (χ0n) is 14.3. The molecule has 0 aliphatic carbocycles. The summed E-state index contributed by atoms with van der Waals surface area (Å²) in [5, 5.41) is 2.46. The van der Waals surface area contributed by atoms with Gasteiger partial charge in [-0.05, 0) is 43.2 Å². The molecular weight excluding hydrogens is 389 g/mol. The molecule has 27 heavy (non-hydrogen) atoms. The average molecular weight is 405 g/mol. The van der Waals surface area contributed by atoms with Crippen LogP contribution in [0.2, 0.25) is 0 Å². The van der Waals surface area contributed by atoms with Gasteiger partial charge in [0.2, 0.25) is 0 Å². The molecule has 0 bridgehead atoms. The van der Waals surface area contributed by atoms with Crippen molar-refractivity contribution in [3.05, 3.63) is 65.1 Å². The molecule has 4 nitrogen and oxygen atoms in total. The summed E-state index contributed by atoms with van der Waals surface area (Å²) >= 11 is 0. The number of nitrogens with one attached hydrogen (secondary N) is 1. The number of aryl methyl sites for hydroxylation is 2. The number of hydrogen-bond donors (Lipinski definition) is 1. The molecule has 0 spiro atoms. The highest BCUT2D eigenvalue weighted by atomic mass is 32.5. The van der Waals surface area contributed by atoms with Crippen LogP contribution in [0.3, 0.4) is 0 Å². The molecule has 0 aliphatic heterocycles. The van der Waals surface area contributed by atoms with Crippen molar-refractivity contribution in [2.75, 3.05) is 0 Å². The number of aromatic nitrogens is 2. The Labute approximate surface area is 151 Å². The van der Waals surface area contributed by atoms with Gasteiger partial charge >= 0.3 is 10.2 Å². The van der Waals surface area contributed by atoms with E-state index in [0.717, 1.165) is 11.6 Å². The number of carbonyl (C=O) groups is 1. The first-order valence-electron chi connectivity index (χ1n) is 7.81. The summed E-state index contributed by atoms with van der Waals surface area (Å²) in [6.07, 6.45) is 1.71. The lowest BCUT2D eigenvalue weighted by molar-refractivity contribution is 0.0944. The van der Waals surface area contributed by atoms with Crippen LogP contribution in [-0.4, -0.2) is 15.3 Å². The quantitative estimate of drug-likeness (QED) is 0.580. The van der Waals surface area contributed by atoms with Crippen LogP contribution in [0, 0.1) is 13.8 Å². The molecule has 1 amide bonds. The van der Waals surface area contributed by atoms with Gasteiger partial charge in [0.05, 0.1) is 5.69 Å². The van der Waals surface area contributed by atoms with Crippen molar-refractivity contribution < 1.29 is 24.2 Å². The van der Waals surface area contributed by atoms with Gasteiger partial charge in [-0.1, -0.05) is 37.6 Å². The molecule has 0 saturated heterocycles. The van der Waals surface area contributed by atoms with Crippen LogP contribution in [0.1, 0.15) is 27.3 Å². The summed E-state index contributed by atoms with van der Waals surface area (Å²) in [5.41, 5.74) is 2.02. The number of hydrogen-bond acceptors (Lipinski definition) is 2. The second kappa shape index (κ2) is 5.44. The number of imidazole rings is 1. The van der Waals surface area contributed by atoms with Gasteiger partial charge < -0.3 is 5.32 Å². The third-order valence-electron chi connectivity index (χ3n) is 3.95. The van der Waals surface area contributed by atoms with E-state index in [-0.39, 0.29) is 17.8 Å². The van der Waals surface area contributed by atoms with Gasteiger partial charge in [-0.2, -0.15) is 0 Å². The topological polar surface area (TPSA) is 46.4 Å². The van der Waals surface area contributed by atoms with Crippen molar-refractivity contribution in [2.24, 2.45) is 0 Å². The maximum absolute atomic E-state index is 12.9. The van der Waals surface area contributed by atoms with Crippen molar-refractivity contribution in [3.63, 3.8) is 0 Å². The van der Waals surface area contributed by atoms with Gasteiger partial charge in [-0.25, -0.2) is 4.98 Å². The minimum atomic E-state index is -9.76. The largest absolute Gasteiger partial charge is 0.347 e. The molecule has 0 radical (unpaired) electrons. The van der Waals surface area contributed by atoms with Crippen LogP contribution in [0.5, 0.6) is 0 Å². The minimum Gasteiger partial charge on any atom is -0.347 e. The number of carbonyl (C=O) groups excluding carboxylic acids is 1. The van der Waals surface area contributed by atoms with E-state index in [0.29, 0.717) is 23.5 Å². The predicted molar refractivity (Wildman–Crippen MR) is 93.7 cm³/mol.